The summed E-state index contributed by atoms with van der Waals surface area (Å²) < 4.78 is 5.26. The van der Waals surface area contributed by atoms with Gasteiger partial charge in [0.25, 0.3) is 0 Å². The first-order valence-corrected chi connectivity index (χ1v) is 8.89. The minimum atomic E-state index is -0.152. The minimum Gasteiger partial charge on any atom is -0.461 e. The van der Waals surface area contributed by atoms with Gasteiger partial charge in [-0.05, 0) is 37.2 Å². The summed E-state index contributed by atoms with van der Waals surface area (Å²) in [4.78, 5) is 18.3. The van der Waals surface area contributed by atoms with E-state index in [0.29, 0.717) is 31.4 Å². The number of piperidine rings is 1. The van der Waals surface area contributed by atoms with E-state index in [2.05, 4.69) is 16.8 Å². The minimum absolute atomic E-state index is 0. The molecule has 1 saturated heterocycles. The van der Waals surface area contributed by atoms with Crippen molar-refractivity contribution in [3.63, 3.8) is 0 Å². The van der Waals surface area contributed by atoms with Gasteiger partial charge in [0.2, 0.25) is 0 Å². The van der Waals surface area contributed by atoms with Crippen molar-refractivity contribution in [3.05, 3.63) is 35.9 Å². The topological polar surface area (TPSA) is 67.9 Å². The van der Waals surface area contributed by atoms with E-state index in [1.807, 2.05) is 30.3 Å². The summed E-state index contributed by atoms with van der Waals surface area (Å²) in [7, 11) is 0. The van der Waals surface area contributed by atoms with Crippen molar-refractivity contribution in [1.82, 2.24) is 4.90 Å². The zero-order valence-electron chi connectivity index (χ0n) is 15.0. The van der Waals surface area contributed by atoms with E-state index >= 15 is 0 Å². The first-order chi connectivity index (χ1) is 11.6. The van der Waals surface area contributed by atoms with E-state index in [1.54, 1.807) is 0 Å². The molecule has 1 aromatic rings. The predicted octanol–water partition coefficient (Wildman–Crippen LogP) is 3.56. The van der Waals surface area contributed by atoms with Gasteiger partial charge in [0.15, 0.2) is 5.96 Å². The van der Waals surface area contributed by atoms with Crippen molar-refractivity contribution in [2.45, 2.75) is 45.6 Å². The maximum absolute atomic E-state index is 11.7. The van der Waals surface area contributed by atoms with Gasteiger partial charge in [-0.1, -0.05) is 37.3 Å². The number of esters is 1. The number of guanidine groups is 1. The van der Waals surface area contributed by atoms with Gasteiger partial charge in [-0.2, -0.15) is 0 Å². The lowest BCUT2D eigenvalue weighted by molar-refractivity contribution is -0.145. The third-order valence-electron chi connectivity index (χ3n) is 4.29. The summed E-state index contributed by atoms with van der Waals surface area (Å²) in [6.45, 7) is 5.27. The van der Waals surface area contributed by atoms with Crippen LogP contribution < -0.4 is 5.73 Å². The Labute approximate surface area is 168 Å². The quantitative estimate of drug-likeness (QED) is 0.223. The maximum atomic E-state index is 11.7. The second-order valence-corrected chi connectivity index (χ2v) is 6.54. The molecule has 1 unspecified atom stereocenters. The molecule has 0 spiro atoms. The van der Waals surface area contributed by atoms with Crippen LogP contribution in [0.3, 0.4) is 0 Å². The van der Waals surface area contributed by atoms with Crippen molar-refractivity contribution in [2.24, 2.45) is 16.6 Å². The highest BCUT2D eigenvalue weighted by molar-refractivity contribution is 14.0. The molecule has 2 rings (SSSR count). The fourth-order valence-electron chi connectivity index (χ4n) is 2.88. The van der Waals surface area contributed by atoms with E-state index in [0.717, 1.165) is 31.5 Å². The molecule has 1 heterocycles. The number of carbonyl (C=O) groups is 1. The Morgan fingerprint density at radius 1 is 1.32 bits per heavy atom. The molecule has 5 nitrogen and oxygen atoms in total. The number of ether oxygens (including phenoxy) is 1. The molecule has 1 atom stereocenters. The normalized spacial score (nSPS) is 17.7. The zero-order valence-corrected chi connectivity index (χ0v) is 17.4. The van der Waals surface area contributed by atoms with Crippen LogP contribution in [0.15, 0.2) is 35.3 Å². The highest BCUT2D eigenvalue weighted by atomic mass is 127. The molecule has 0 aliphatic carbocycles. The molecule has 1 fully saturated rings. The third-order valence-corrected chi connectivity index (χ3v) is 4.29. The van der Waals surface area contributed by atoms with Gasteiger partial charge in [0.1, 0.15) is 6.61 Å². The smallest absolute Gasteiger partial charge is 0.306 e. The average Bonchev–Trinajstić information content (AvgIpc) is 2.60. The predicted molar refractivity (Wildman–Crippen MR) is 112 cm³/mol. The van der Waals surface area contributed by atoms with Gasteiger partial charge >= 0.3 is 5.97 Å². The van der Waals surface area contributed by atoms with Crippen LogP contribution in [0, 0.1) is 5.92 Å². The molecule has 2 N–H and O–H groups in total. The molecular formula is C19H30IN3O2. The van der Waals surface area contributed by atoms with Gasteiger partial charge < -0.3 is 15.4 Å². The Morgan fingerprint density at radius 2 is 2.08 bits per heavy atom. The Morgan fingerprint density at radius 3 is 2.80 bits per heavy atom. The molecule has 1 aliphatic rings. The summed E-state index contributed by atoms with van der Waals surface area (Å²) >= 11 is 0. The molecule has 140 valence electrons. The van der Waals surface area contributed by atoms with Gasteiger partial charge in [0.05, 0.1) is 0 Å². The van der Waals surface area contributed by atoms with Crippen molar-refractivity contribution >= 4 is 35.9 Å². The number of benzene rings is 1. The Kier molecular flexibility index (Phi) is 10.5. The number of hydrogen-bond acceptors (Lipinski definition) is 3. The lowest BCUT2D eigenvalue weighted by Gasteiger charge is -2.31. The SMILES string of the molecule is CC1CCCN(C(N)=NCCCCC(=O)OCc2ccccc2)C1.I. The van der Waals surface area contributed by atoms with E-state index < -0.39 is 0 Å². The number of likely N-dealkylation sites (tertiary alicyclic amines) is 1. The highest BCUT2D eigenvalue weighted by Crippen LogP contribution is 2.14. The molecule has 0 amide bonds. The molecule has 0 aromatic heterocycles. The molecule has 1 aliphatic heterocycles. The second-order valence-electron chi connectivity index (χ2n) is 6.54. The molecule has 0 bridgehead atoms. The molecule has 0 radical (unpaired) electrons. The van der Waals surface area contributed by atoms with Crippen molar-refractivity contribution in [3.8, 4) is 0 Å². The van der Waals surface area contributed by atoms with Crippen LogP contribution in [-0.2, 0) is 16.1 Å². The summed E-state index contributed by atoms with van der Waals surface area (Å²) in [5.74, 6) is 1.18. The lowest BCUT2D eigenvalue weighted by atomic mass is 10.0. The number of carbonyl (C=O) groups excluding carboxylic acids is 1. The van der Waals surface area contributed by atoms with Crippen molar-refractivity contribution < 1.29 is 9.53 Å². The molecule has 25 heavy (non-hydrogen) atoms. The van der Waals surface area contributed by atoms with Crippen molar-refractivity contribution in [2.75, 3.05) is 19.6 Å². The van der Waals surface area contributed by atoms with Gasteiger partial charge in [-0.25, -0.2) is 0 Å². The van der Waals surface area contributed by atoms with Crippen LogP contribution in [-0.4, -0.2) is 36.5 Å². The molecule has 6 heteroatoms. The Hall–Kier alpha value is -1.31. The largest absolute Gasteiger partial charge is 0.461 e. The van der Waals surface area contributed by atoms with Crippen LogP contribution in [0.1, 0.15) is 44.6 Å². The maximum Gasteiger partial charge on any atom is 0.306 e. The zero-order chi connectivity index (χ0) is 17.2. The number of nitrogens with zero attached hydrogens (tertiary/aromatic N) is 2. The fraction of sp³-hybridized carbons (Fsp3) is 0.579. The number of rotatable bonds is 7. The second kappa shape index (κ2) is 12.1. The standard InChI is InChI=1S/C19H29N3O2.HI/c1-16-8-7-13-22(14-16)19(20)21-12-6-5-11-18(23)24-15-17-9-3-2-4-10-17;/h2-4,9-10,16H,5-8,11-15H2,1H3,(H2,20,21);1H. The molecule has 0 saturated carbocycles. The first kappa shape index (κ1) is 21.7. The lowest BCUT2D eigenvalue weighted by Crippen LogP contribution is -2.43. The summed E-state index contributed by atoms with van der Waals surface area (Å²) in [6, 6.07) is 9.73. The number of halogens is 1. The van der Waals surface area contributed by atoms with Gasteiger partial charge in [-0.3, -0.25) is 9.79 Å². The molecular weight excluding hydrogens is 429 g/mol. The van der Waals surface area contributed by atoms with Gasteiger partial charge in [-0.15, -0.1) is 24.0 Å². The molecule has 1 aromatic carbocycles. The van der Waals surface area contributed by atoms with Crippen molar-refractivity contribution in [1.29, 1.82) is 0 Å². The first-order valence-electron chi connectivity index (χ1n) is 8.89. The van der Waals surface area contributed by atoms with Crippen LogP contribution >= 0.6 is 24.0 Å². The summed E-state index contributed by atoms with van der Waals surface area (Å²) in [5.41, 5.74) is 7.06. The van der Waals surface area contributed by atoms with E-state index in [4.69, 9.17) is 10.5 Å². The van der Waals surface area contributed by atoms with E-state index in [1.165, 1.54) is 12.8 Å². The number of nitrogens with two attached hydrogens (primary N) is 1. The summed E-state index contributed by atoms with van der Waals surface area (Å²) in [6.07, 6.45) is 4.52. The highest BCUT2D eigenvalue weighted by Gasteiger charge is 2.17. The van der Waals surface area contributed by atoms with Gasteiger partial charge in [0, 0.05) is 26.1 Å². The Bertz CT molecular complexity index is 537. The summed E-state index contributed by atoms with van der Waals surface area (Å²) in [5, 5.41) is 0. The number of aliphatic imine (C=N–C) groups is 1. The van der Waals surface area contributed by atoms with Crippen LogP contribution in [0.5, 0.6) is 0 Å². The van der Waals surface area contributed by atoms with Crippen LogP contribution in [0.25, 0.3) is 0 Å². The van der Waals surface area contributed by atoms with Crippen LogP contribution in [0.2, 0.25) is 0 Å². The average molecular weight is 459 g/mol. The van der Waals surface area contributed by atoms with Crippen LogP contribution in [0.4, 0.5) is 0 Å². The Balaban J connectivity index is 0.00000312. The van der Waals surface area contributed by atoms with E-state index in [9.17, 15) is 4.79 Å². The number of unbranched alkanes of at least 4 members (excludes halogenated alkanes) is 1. The fourth-order valence-corrected chi connectivity index (χ4v) is 2.88. The monoisotopic (exact) mass is 459 g/mol. The third kappa shape index (κ3) is 8.56. The number of hydrogen-bond donors (Lipinski definition) is 1. The van der Waals surface area contributed by atoms with E-state index in [-0.39, 0.29) is 29.9 Å².